The number of nitrogens with one attached hydrogen (secondary N) is 1. The minimum absolute atomic E-state index is 0.623. The molecule has 1 N–H and O–H groups in total. The van der Waals surface area contributed by atoms with Crippen molar-refractivity contribution in [1.82, 2.24) is 10.2 Å². The van der Waals surface area contributed by atoms with Crippen LogP contribution in [0.1, 0.15) is 20.8 Å². The Balaban J connectivity index is 3.36. The van der Waals surface area contributed by atoms with E-state index in [0.29, 0.717) is 4.90 Å². The number of carbonyl (C=O) groups is 1. The zero-order valence-electron chi connectivity index (χ0n) is 9.92. The van der Waals surface area contributed by atoms with Gasteiger partial charge in [-0.1, -0.05) is 0 Å². The predicted octanol–water partition coefficient (Wildman–Crippen LogP) is -0.573. The van der Waals surface area contributed by atoms with Crippen LogP contribution < -0.4 is 5.32 Å². The van der Waals surface area contributed by atoms with Crippen molar-refractivity contribution < 1.29 is 13.6 Å². The lowest BCUT2D eigenvalue weighted by molar-refractivity contribution is -0.111. The van der Waals surface area contributed by atoms with Gasteiger partial charge >= 0.3 is 6.03 Å². The van der Waals surface area contributed by atoms with Gasteiger partial charge in [0.15, 0.2) is 0 Å². The third kappa shape index (κ3) is 1.87. The van der Waals surface area contributed by atoms with Gasteiger partial charge in [-0.2, -0.15) is 0 Å². The molecule has 3 nitrogen and oxygen atoms in total. The molecule has 1 rings (SSSR count). The van der Waals surface area contributed by atoms with E-state index in [9.17, 15) is 13.6 Å². The monoisotopic (exact) mass is 232 g/mol. The summed E-state index contributed by atoms with van der Waals surface area (Å²) in [5.74, 6) is -3.92. The van der Waals surface area contributed by atoms with E-state index in [0.717, 1.165) is 0 Å². The molecule has 0 saturated carbocycles. The SMILES string of the molecule is [B]C1([B])NC(=O)N(C(C)(C)C)C([B])([B])C1(F)F. The van der Waals surface area contributed by atoms with Crippen LogP contribution in [0.4, 0.5) is 13.6 Å². The first-order chi connectivity index (χ1) is 7.25. The Hall–Kier alpha value is -0.610. The molecule has 1 saturated heterocycles. The normalized spacial score (nSPS) is 26.4. The lowest BCUT2D eigenvalue weighted by Gasteiger charge is -2.60. The van der Waals surface area contributed by atoms with Gasteiger partial charge in [0.2, 0.25) is 0 Å². The number of rotatable bonds is 0. The highest BCUT2D eigenvalue weighted by Crippen LogP contribution is 2.42. The molecule has 0 spiro atoms. The van der Waals surface area contributed by atoms with Crippen molar-refractivity contribution in [3.8, 4) is 0 Å². The molecule has 1 aliphatic rings. The first-order valence-corrected chi connectivity index (χ1v) is 4.91. The highest BCUT2D eigenvalue weighted by atomic mass is 19.3. The molecule has 0 aromatic heterocycles. The fourth-order valence-electron chi connectivity index (χ4n) is 1.81. The predicted molar refractivity (Wildman–Crippen MR) is 63.5 cm³/mol. The Bertz CT molecular complexity index is 354. The Morgan fingerprint density at radius 1 is 1.18 bits per heavy atom. The molecule has 17 heavy (non-hydrogen) atoms. The zero-order chi connectivity index (χ0) is 13.9. The Morgan fingerprint density at radius 2 is 1.59 bits per heavy atom. The highest BCUT2D eigenvalue weighted by molar-refractivity contribution is 6.48. The number of hydrogen-bond donors (Lipinski definition) is 1. The molecule has 0 unspecified atom stereocenters. The van der Waals surface area contributed by atoms with E-state index in [1.807, 2.05) is 0 Å². The summed E-state index contributed by atoms with van der Waals surface area (Å²) in [6, 6.07) is -0.946. The average Bonchev–Trinajstić information content (AvgIpc) is 1.95. The third-order valence-corrected chi connectivity index (χ3v) is 2.58. The molecule has 0 atom stereocenters. The van der Waals surface area contributed by atoms with Crippen molar-refractivity contribution in [3.05, 3.63) is 0 Å². The molecule has 0 aromatic carbocycles. The summed E-state index contributed by atoms with van der Waals surface area (Å²) < 4.78 is 27.9. The number of urea groups is 1. The van der Waals surface area contributed by atoms with Gasteiger partial charge in [-0.25, -0.2) is 13.6 Å². The second-order valence-corrected chi connectivity index (χ2v) is 5.21. The molecule has 84 valence electrons. The van der Waals surface area contributed by atoms with Gasteiger partial charge in [-0.3, -0.25) is 0 Å². The number of carbonyl (C=O) groups excluding carboxylic acids is 1. The minimum atomic E-state index is -3.92. The van der Waals surface area contributed by atoms with Gasteiger partial charge in [-0.15, -0.1) is 0 Å². The molecule has 2 amide bonds. The van der Waals surface area contributed by atoms with Crippen LogP contribution in [-0.2, 0) is 0 Å². The summed E-state index contributed by atoms with van der Waals surface area (Å²) in [4.78, 5) is 12.3. The van der Waals surface area contributed by atoms with Crippen LogP contribution in [0.5, 0.6) is 0 Å². The van der Waals surface area contributed by atoms with Crippen molar-refractivity contribution in [3.63, 3.8) is 0 Å². The van der Waals surface area contributed by atoms with Crippen LogP contribution in [0, 0.1) is 0 Å². The Morgan fingerprint density at radius 3 is 1.94 bits per heavy atom. The van der Waals surface area contributed by atoms with Crippen LogP contribution in [0.15, 0.2) is 0 Å². The van der Waals surface area contributed by atoms with Gasteiger partial charge in [0.25, 0.3) is 5.92 Å². The lowest BCUT2D eigenvalue weighted by Crippen LogP contribution is -2.84. The molecule has 1 heterocycles. The number of nitrogens with zero attached hydrogens (tertiary/aromatic N) is 1. The first kappa shape index (κ1) is 14.5. The van der Waals surface area contributed by atoms with Crippen LogP contribution in [0.2, 0.25) is 0 Å². The molecular weight excluding hydrogens is 221 g/mol. The maximum Gasteiger partial charge on any atom is 0.316 e. The van der Waals surface area contributed by atoms with E-state index in [4.69, 9.17) is 31.4 Å². The quantitative estimate of drug-likeness (QED) is 0.556. The van der Waals surface area contributed by atoms with Gasteiger partial charge in [0.1, 0.15) is 0 Å². The van der Waals surface area contributed by atoms with Crippen molar-refractivity contribution in [2.75, 3.05) is 0 Å². The maximum absolute atomic E-state index is 14.0. The van der Waals surface area contributed by atoms with Crippen LogP contribution in [0.3, 0.4) is 0 Å². The standard InChI is InChI=1S/C8H10B4F2N2O/c1-5(2,3)16-4(17)15-7(9,10)6(13,14)8(16,11)12/h1-3H3,(H,15,17). The van der Waals surface area contributed by atoms with E-state index in [-0.39, 0.29) is 0 Å². The second kappa shape index (κ2) is 3.45. The summed E-state index contributed by atoms with van der Waals surface area (Å²) >= 11 is 0. The van der Waals surface area contributed by atoms with E-state index in [1.165, 1.54) is 20.8 Å². The molecule has 9 heteroatoms. The van der Waals surface area contributed by atoms with Crippen molar-refractivity contribution in [1.29, 1.82) is 0 Å². The summed E-state index contributed by atoms with van der Waals surface area (Å²) in [7, 11) is 21.0. The van der Waals surface area contributed by atoms with Crippen LogP contribution in [0.25, 0.3) is 0 Å². The van der Waals surface area contributed by atoms with Crippen LogP contribution in [-0.4, -0.2) is 64.5 Å². The fourth-order valence-corrected chi connectivity index (χ4v) is 1.81. The van der Waals surface area contributed by atoms with E-state index in [2.05, 4.69) is 0 Å². The summed E-state index contributed by atoms with van der Waals surface area (Å²) in [5, 5.41) is -3.79. The van der Waals surface area contributed by atoms with Gasteiger partial charge in [0, 0.05) is 16.2 Å². The molecular formula is C8H10B4F2N2O. The average molecular weight is 231 g/mol. The number of hydrogen-bond acceptors (Lipinski definition) is 1. The smallest absolute Gasteiger partial charge is 0.316 e. The van der Waals surface area contributed by atoms with Crippen molar-refractivity contribution >= 4 is 37.4 Å². The Labute approximate surface area is 105 Å². The molecule has 0 aliphatic carbocycles. The first-order valence-electron chi connectivity index (χ1n) is 4.91. The van der Waals surface area contributed by atoms with E-state index in [1.54, 1.807) is 5.32 Å². The lowest BCUT2D eigenvalue weighted by atomic mass is 9.43. The molecule has 0 bridgehead atoms. The highest BCUT2D eigenvalue weighted by Gasteiger charge is 2.64. The number of halogens is 2. The molecule has 0 aromatic rings. The van der Waals surface area contributed by atoms with Crippen molar-refractivity contribution in [2.24, 2.45) is 0 Å². The van der Waals surface area contributed by atoms with Crippen LogP contribution >= 0.6 is 0 Å². The molecule has 1 fully saturated rings. The van der Waals surface area contributed by atoms with E-state index < -0.39 is 28.2 Å². The summed E-state index contributed by atoms with van der Waals surface area (Å²) in [5.41, 5.74) is -1.02. The second-order valence-electron chi connectivity index (χ2n) is 5.21. The summed E-state index contributed by atoms with van der Waals surface area (Å²) in [6.45, 7) is 4.53. The molecule has 8 radical (unpaired) electrons. The molecule has 1 aliphatic heterocycles. The maximum atomic E-state index is 14.0. The zero-order valence-corrected chi connectivity index (χ0v) is 9.92. The third-order valence-electron chi connectivity index (χ3n) is 2.58. The van der Waals surface area contributed by atoms with Gasteiger partial charge < -0.3 is 10.2 Å². The fraction of sp³-hybridized carbons (Fsp3) is 0.875. The van der Waals surface area contributed by atoms with E-state index >= 15 is 0 Å². The van der Waals surface area contributed by atoms with Gasteiger partial charge in [0.05, 0.1) is 31.4 Å². The minimum Gasteiger partial charge on any atom is -0.344 e. The summed E-state index contributed by atoms with van der Waals surface area (Å²) in [6.07, 6.45) is 0. The Kier molecular flexibility index (Phi) is 2.93. The largest absolute Gasteiger partial charge is 0.344 e. The number of alkyl halides is 2. The van der Waals surface area contributed by atoms with Crippen molar-refractivity contribution in [2.45, 2.75) is 42.9 Å². The topological polar surface area (TPSA) is 32.3 Å². The number of amides is 2. The van der Waals surface area contributed by atoms with Gasteiger partial charge in [-0.05, 0) is 20.8 Å².